The maximum Gasteiger partial charge on any atom is 0.193 e. The SMILES string of the molecule is CN=C(NCCn1cncn1)N1CCSC(C)(C)C1.I. The van der Waals surface area contributed by atoms with Gasteiger partial charge in [0.25, 0.3) is 0 Å². The number of rotatable bonds is 3. The summed E-state index contributed by atoms with van der Waals surface area (Å²) in [6.07, 6.45) is 3.28. The molecule has 0 bridgehead atoms. The second kappa shape index (κ2) is 8.06. The number of nitrogens with zero attached hydrogens (tertiary/aromatic N) is 5. The number of aliphatic imine (C=N–C) groups is 1. The third kappa shape index (κ3) is 5.12. The summed E-state index contributed by atoms with van der Waals surface area (Å²) in [5.74, 6) is 2.13. The molecule has 8 heteroatoms. The summed E-state index contributed by atoms with van der Waals surface area (Å²) in [4.78, 5) is 10.6. The molecule has 0 unspecified atom stereocenters. The maximum atomic E-state index is 4.37. The molecule has 0 atom stereocenters. The van der Waals surface area contributed by atoms with Gasteiger partial charge < -0.3 is 10.2 Å². The van der Waals surface area contributed by atoms with E-state index in [9.17, 15) is 0 Å². The Morgan fingerprint density at radius 3 is 2.90 bits per heavy atom. The van der Waals surface area contributed by atoms with Gasteiger partial charge in [0.15, 0.2) is 5.96 Å². The second-order valence-electron chi connectivity index (χ2n) is 5.16. The first kappa shape index (κ1) is 17.5. The summed E-state index contributed by atoms with van der Waals surface area (Å²) < 4.78 is 2.11. The fourth-order valence-electron chi connectivity index (χ4n) is 2.16. The van der Waals surface area contributed by atoms with Crippen LogP contribution in [0.15, 0.2) is 17.6 Å². The van der Waals surface area contributed by atoms with E-state index in [4.69, 9.17) is 0 Å². The fourth-order valence-corrected chi connectivity index (χ4v) is 3.27. The van der Waals surface area contributed by atoms with Crippen molar-refractivity contribution in [3.8, 4) is 0 Å². The Morgan fingerprint density at radius 2 is 2.30 bits per heavy atom. The van der Waals surface area contributed by atoms with Gasteiger partial charge in [0.2, 0.25) is 0 Å². The number of hydrogen-bond donors (Lipinski definition) is 1. The van der Waals surface area contributed by atoms with Crippen molar-refractivity contribution < 1.29 is 0 Å². The molecule has 1 fully saturated rings. The molecule has 0 saturated carbocycles. The van der Waals surface area contributed by atoms with Gasteiger partial charge in [-0.3, -0.25) is 9.67 Å². The largest absolute Gasteiger partial charge is 0.354 e. The normalized spacial score (nSPS) is 18.6. The molecule has 1 aliphatic heterocycles. The van der Waals surface area contributed by atoms with Crippen LogP contribution in [0.1, 0.15) is 13.8 Å². The van der Waals surface area contributed by atoms with E-state index in [1.165, 1.54) is 0 Å². The molecular weight excluding hydrogens is 387 g/mol. The van der Waals surface area contributed by atoms with Crippen LogP contribution in [0.25, 0.3) is 0 Å². The lowest BCUT2D eigenvalue weighted by Crippen LogP contribution is -2.51. The van der Waals surface area contributed by atoms with Crippen LogP contribution in [0.3, 0.4) is 0 Å². The molecule has 0 radical (unpaired) electrons. The van der Waals surface area contributed by atoms with Crippen molar-refractivity contribution in [1.29, 1.82) is 0 Å². The molecule has 1 aromatic heterocycles. The highest BCUT2D eigenvalue weighted by Gasteiger charge is 2.28. The van der Waals surface area contributed by atoms with E-state index in [-0.39, 0.29) is 24.0 Å². The Balaban J connectivity index is 0.00000200. The summed E-state index contributed by atoms with van der Waals surface area (Å²) in [7, 11) is 1.84. The molecule has 0 spiro atoms. The van der Waals surface area contributed by atoms with Crippen molar-refractivity contribution in [3.05, 3.63) is 12.7 Å². The zero-order chi connectivity index (χ0) is 13.7. The second-order valence-corrected chi connectivity index (χ2v) is 6.96. The predicted molar refractivity (Wildman–Crippen MR) is 94.9 cm³/mol. The third-order valence-corrected chi connectivity index (χ3v) is 4.32. The Labute approximate surface area is 141 Å². The Morgan fingerprint density at radius 1 is 1.50 bits per heavy atom. The first-order valence-electron chi connectivity index (χ1n) is 6.53. The van der Waals surface area contributed by atoms with Crippen LogP contribution in [0, 0.1) is 0 Å². The molecule has 2 rings (SSSR count). The number of hydrogen-bond acceptors (Lipinski definition) is 4. The third-order valence-electron chi connectivity index (χ3n) is 3.03. The average molecular weight is 410 g/mol. The minimum Gasteiger partial charge on any atom is -0.354 e. The summed E-state index contributed by atoms with van der Waals surface area (Å²) in [5, 5.41) is 7.48. The van der Waals surface area contributed by atoms with E-state index < -0.39 is 0 Å². The molecule has 0 aromatic carbocycles. The van der Waals surface area contributed by atoms with Gasteiger partial charge in [-0.25, -0.2) is 4.98 Å². The quantitative estimate of drug-likeness (QED) is 0.463. The zero-order valence-electron chi connectivity index (χ0n) is 12.2. The highest BCUT2D eigenvalue weighted by atomic mass is 127. The van der Waals surface area contributed by atoms with Gasteiger partial charge in [0.1, 0.15) is 12.7 Å². The van der Waals surface area contributed by atoms with Gasteiger partial charge in [-0.15, -0.1) is 24.0 Å². The molecule has 1 N–H and O–H groups in total. The van der Waals surface area contributed by atoms with Crippen molar-refractivity contribution in [2.45, 2.75) is 25.1 Å². The molecule has 1 aromatic rings. The average Bonchev–Trinajstić information content (AvgIpc) is 2.86. The highest BCUT2D eigenvalue weighted by Crippen LogP contribution is 2.29. The summed E-state index contributed by atoms with van der Waals surface area (Å²) in [5.41, 5.74) is 0. The first-order valence-corrected chi connectivity index (χ1v) is 7.51. The van der Waals surface area contributed by atoms with Crippen molar-refractivity contribution >= 4 is 41.7 Å². The van der Waals surface area contributed by atoms with Crippen LogP contribution in [0.4, 0.5) is 0 Å². The van der Waals surface area contributed by atoms with E-state index >= 15 is 0 Å². The monoisotopic (exact) mass is 410 g/mol. The number of aromatic nitrogens is 3. The molecule has 0 aliphatic carbocycles. The van der Waals surface area contributed by atoms with E-state index in [1.54, 1.807) is 12.7 Å². The number of thioether (sulfide) groups is 1. The van der Waals surface area contributed by atoms with Crippen molar-refractivity contribution in [2.24, 2.45) is 4.99 Å². The van der Waals surface area contributed by atoms with E-state index in [1.807, 2.05) is 23.5 Å². The smallest absolute Gasteiger partial charge is 0.193 e. The molecule has 2 heterocycles. The molecule has 114 valence electrons. The van der Waals surface area contributed by atoms with Crippen molar-refractivity contribution in [1.82, 2.24) is 25.0 Å². The van der Waals surface area contributed by atoms with Gasteiger partial charge in [0, 0.05) is 37.2 Å². The van der Waals surface area contributed by atoms with Crippen LogP contribution in [0.2, 0.25) is 0 Å². The van der Waals surface area contributed by atoms with Crippen molar-refractivity contribution in [3.63, 3.8) is 0 Å². The van der Waals surface area contributed by atoms with Gasteiger partial charge in [-0.2, -0.15) is 16.9 Å². The molecule has 0 amide bonds. The maximum absolute atomic E-state index is 4.37. The predicted octanol–water partition coefficient (Wildman–Crippen LogP) is 1.30. The molecule has 1 aliphatic rings. The first-order chi connectivity index (χ1) is 9.11. The van der Waals surface area contributed by atoms with Crippen LogP contribution in [-0.4, -0.2) is 62.8 Å². The van der Waals surface area contributed by atoms with E-state index in [0.717, 1.165) is 37.9 Å². The number of halogens is 1. The van der Waals surface area contributed by atoms with Gasteiger partial charge in [0.05, 0.1) is 6.54 Å². The van der Waals surface area contributed by atoms with E-state index in [2.05, 4.69) is 39.1 Å². The Bertz CT molecular complexity index is 420. The number of nitrogens with one attached hydrogen (secondary N) is 1. The standard InChI is InChI=1S/C12H22N6S.HI/c1-12(2)8-17(6-7-19-12)11(13-3)15-4-5-18-10-14-9-16-18;/h9-10H,4-8H2,1-3H3,(H,13,15);1H. The minimum absolute atomic E-state index is 0. The summed E-state index contributed by atoms with van der Waals surface area (Å²) >= 11 is 2.03. The molecule has 1 saturated heterocycles. The molecular formula is C12H23IN6S. The molecule has 20 heavy (non-hydrogen) atoms. The minimum atomic E-state index is 0. The fraction of sp³-hybridized carbons (Fsp3) is 0.750. The molecule has 6 nitrogen and oxygen atoms in total. The van der Waals surface area contributed by atoms with Gasteiger partial charge in [-0.05, 0) is 13.8 Å². The van der Waals surface area contributed by atoms with Crippen LogP contribution < -0.4 is 5.32 Å². The Hall–Kier alpha value is -0.510. The topological polar surface area (TPSA) is 58.3 Å². The number of guanidine groups is 1. The van der Waals surface area contributed by atoms with Gasteiger partial charge >= 0.3 is 0 Å². The van der Waals surface area contributed by atoms with Gasteiger partial charge in [-0.1, -0.05) is 0 Å². The highest BCUT2D eigenvalue weighted by molar-refractivity contribution is 14.0. The van der Waals surface area contributed by atoms with Crippen LogP contribution in [0.5, 0.6) is 0 Å². The van der Waals surface area contributed by atoms with Crippen LogP contribution >= 0.6 is 35.7 Å². The van der Waals surface area contributed by atoms with Crippen LogP contribution in [-0.2, 0) is 6.54 Å². The van der Waals surface area contributed by atoms with E-state index in [0.29, 0.717) is 4.75 Å². The zero-order valence-corrected chi connectivity index (χ0v) is 15.4. The lowest BCUT2D eigenvalue weighted by molar-refractivity contribution is 0.374. The Kier molecular flexibility index (Phi) is 7.07. The summed E-state index contributed by atoms with van der Waals surface area (Å²) in [6.45, 7) is 8.25. The lowest BCUT2D eigenvalue weighted by atomic mass is 10.2. The van der Waals surface area contributed by atoms with Crippen molar-refractivity contribution in [2.75, 3.05) is 32.4 Å². The lowest BCUT2D eigenvalue weighted by Gasteiger charge is -2.39. The summed E-state index contributed by atoms with van der Waals surface area (Å²) in [6, 6.07) is 0.